The average molecular weight is 340 g/mol. The third kappa shape index (κ3) is 3.98. The Labute approximate surface area is 131 Å². The Morgan fingerprint density at radius 2 is 2.00 bits per heavy atom. The van der Waals surface area contributed by atoms with E-state index in [-0.39, 0.29) is 0 Å². The van der Waals surface area contributed by atoms with Crippen molar-refractivity contribution in [3.63, 3.8) is 0 Å². The third-order valence-corrected chi connectivity index (χ3v) is 4.85. The summed E-state index contributed by atoms with van der Waals surface area (Å²) in [5.74, 6) is 1.71. The van der Waals surface area contributed by atoms with Gasteiger partial charge in [0, 0.05) is 10.5 Å². The molecular weight excluding hydrogens is 314 g/mol. The van der Waals surface area contributed by atoms with Crippen molar-refractivity contribution in [2.24, 2.45) is 5.92 Å². The van der Waals surface area contributed by atoms with Gasteiger partial charge in [0.2, 0.25) is 0 Å². The van der Waals surface area contributed by atoms with Crippen LogP contribution in [0.3, 0.4) is 0 Å². The number of hydrogen-bond donors (Lipinski definition) is 1. The van der Waals surface area contributed by atoms with Crippen LogP contribution in [0, 0.1) is 5.92 Å². The van der Waals surface area contributed by atoms with Crippen LogP contribution in [0.15, 0.2) is 22.7 Å². The minimum absolute atomic E-state index is 0.463. The molecule has 0 aliphatic heterocycles. The minimum atomic E-state index is 0.463. The lowest BCUT2D eigenvalue weighted by Gasteiger charge is -2.32. The zero-order chi connectivity index (χ0) is 14.4. The highest BCUT2D eigenvalue weighted by Crippen LogP contribution is 2.38. The van der Waals surface area contributed by atoms with Crippen molar-refractivity contribution < 1.29 is 4.74 Å². The Bertz CT molecular complexity index is 415. The number of ether oxygens (including phenoxy) is 1. The molecule has 1 N–H and O–H groups in total. The predicted octanol–water partition coefficient (Wildman–Crippen LogP) is 5.08. The molecular formula is C17H26BrNO. The van der Waals surface area contributed by atoms with Gasteiger partial charge in [-0.3, -0.25) is 0 Å². The Morgan fingerprint density at radius 1 is 1.25 bits per heavy atom. The molecule has 3 heteroatoms. The molecule has 0 radical (unpaired) electrons. The lowest BCUT2D eigenvalue weighted by Crippen LogP contribution is -2.29. The van der Waals surface area contributed by atoms with E-state index >= 15 is 0 Å². The molecule has 0 amide bonds. The molecule has 1 fully saturated rings. The smallest absolute Gasteiger partial charge is 0.120 e. The van der Waals surface area contributed by atoms with E-state index in [9.17, 15) is 0 Å². The Hall–Kier alpha value is -0.540. The van der Waals surface area contributed by atoms with Crippen LogP contribution in [0.5, 0.6) is 5.75 Å². The molecule has 1 aliphatic rings. The Kier molecular flexibility index (Phi) is 6.37. The van der Waals surface area contributed by atoms with Gasteiger partial charge in [-0.25, -0.2) is 0 Å². The van der Waals surface area contributed by atoms with Crippen molar-refractivity contribution in [1.82, 2.24) is 5.32 Å². The van der Waals surface area contributed by atoms with Crippen LogP contribution < -0.4 is 10.1 Å². The molecule has 0 bridgehead atoms. The van der Waals surface area contributed by atoms with E-state index in [1.807, 2.05) is 6.92 Å². The van der Waals surface area contributed by atoms with Crippen LogP contribution in [0.1, 0.15) is 57.6 Å². The first-order valence-corrected chi connectivity index (χ1v) is 8.71. The fourth-order valence-electron chi connectivity index (χ4n) is 3.23. The molecule has 1 atom stereocenters. The van der Waals surface area contributed by atoms with E-state index in [0.29, 0.717) is 12.6 Å². The normalized spacial score (nSPS) is 17.9. The van der Waals surface area contributed by atoms with E-state index < -0.39 is 0 Å². The molecule has 1 aliphatic carbocycles. The molecule has 1 aromatic rings. The summed E-state index contributed by atoms with van der Waals surface area (Å²) in [4.78, 5) is 0. The summed E-state index contributed by atoms with van der Waals surface area (Å²) in [6, 6.07) is 6.88. The Morgan fingerprint density at radius 3 is 2.60 bits per heavy atom. The molecule has 0 heterocycles. The van der Waals surface area contributed by atoms with Gasteiger partial charge in [0.15, 0.2) is 0 Å². The van der Waals surface area contributed by atoms with E-state index in [0.717, 1.165) is 18.2 Å². The quantitative estimate of drug-likeness (QED) is 0.780. The van der Waals surface area contributed by atoms with Crippen LogP contribution >= 0.6 is 15.9 Å². The van der Waals surface area contributed by atoms with Crippen molar-refractivity contribution in [2.45, 2.75) is 52.0 Å². The summed E-state index contributed by atoms with van der Waals surface area (Å²) < 4.78 is 6.74. The van der Waals surface area contributed by atoms with Gasteiger partial charge < -0.3 is 10.1 Å². The maximum absolute atomic E-state index is 5.58. The van der Waals surface area contributed by atoms with Crippen molar-refractivity contribution in [2.75, 3.05) is 13.2 Å². The number of benzene rings is 1. The van der Waals surface area contributed by atoms with Crippen molar-refractivity contribution in [1.29, 1.82) is 0 Å². The van der Waals surface area contributed by atoms with Gasteiger partial charge in [-0.1, -0.05) is 48.2 Å². The highest BCUT2D eigenvalue weighted by molar-refractivity contribution is 9.10. The molecule has 112 valence electrons. The minimum Gasteiger partial charge on any atom is -0.494 e. The second-order valence-corrected chi connectivity index (χ2v) is 6.40. The second-order valence-electron chi connectivity index (χ2n) is 5.55. The number of halogens is 1. The van der Waals surface area contributed by atoms with E-state index in [4.69, 9.17) is 4.74 Å². The summed E-state index contributed by atoms with van der Waals surface area (Å²) in [5, 5.41) is 3.69. The zero-order valence-corrected chi connectivity index (χ0v) is 14.2. The second kappa shape index (κ2) is 8.04. The van der Waals surface area contributed by atoms with Crippen molar-refractivity contribution in [3.8, 4) is 5.75 Å². The van der Waals surface area contributed by atoms with E-state index in [2.05, 4.69) is 46.4 Å². The molecule has 1 unspecified atom stereocenters. The molecule has 2 rings (SSSR count). The number of rotatable bonds is 6. The van der Waals surface area contributed by atoms with Gasteiger partial charge in [0.1, 0.15) is 5.75 Å². The molecule has 0 saturated heterocycles. The van der Waals surface area contributed by atoms with Crippen LogP contribution in [0.2, 0.25) is 0 Å². The van der Waals surface area contributed by atoms with Gasteiger partial charge in [-0.15, -0.1) is 0 Å². The highest BCUT2D eigenvalue weighted by atomic mass is 79.9. The van der Waals surface area contributed by atoms with Gasteiger partial charge in [0.25, 0.3) is 0 Å². The molecule has 2 nitrogen and oxygen atoms in total. The van der Waals surface area contributed by atoms with E-state index in [1.54, 1.807) is 0 Å². The molecule has 1 saturated carbocycles. The average Bonchev–Trinajstić information content (AvgIpc) is 2.47. The third-order valence-electron chi connectivity index (χ3n) is 4.16. The predicted molar refractivity (Wildman–Crippen MR) is 88.3 cm³/mol. The van der Waals surface area contributed by atoms with Gasteiger partial charge in [-0.2, -0.15) is 0 Å². The monoisotopic (exact) mass is 339 g/mol. The van der Waals surface area contributed by atoms with Crippen LogP contribution in [0.25, 0.3) is 0 Å². The summed E-state index contributed by atoms with van der Waals surface area (Å²) >= 11 is 3.73. The van der Waals surface area contributed by atoms with Crippen LogP contribution in [-0.4, -0.2) is 13.2 Å². The highest BCUT2D eigenvalue weighted by Gasteiger charge is 2.25. The maximum atomic E-state index is 5.58. The first-order chi connectivity index (χ1) is 9.76. The summed E-state index contributed by atoms with van der Waals surface area (Å²) in [6.07, 6.45) is 6.84. The zero-order valence-electron chi connectivity index (χ0n) is 12.6. The summed E-state index contributed by atoms with van der Waals surface area (Å²) in [5.41, 5.74) is 1.38. The summed E-state index contributed by atoms with van der Waals surface area (Å²) in [6.45, 7) is 5.94. The first-order valence-electron chi connectivity index (χ1n) is 7.91. The van der Waals surface area contributed by atoms with Crippen molar-refractivity contribution >= 4 is 15.9 Å². The lowest BCUT2D eigenvalue weighted by atomic mass is 9.81. The van der Waals surface area contributed by atoms with E-state index in [1.165, 1.54) is 42.1 Å². The standard InChI is InChI=1S/C17H26BrNO/c1-3-19-17(13-8-6-5-7-9-13)15-11-10-14(20-4-2)12-16(15)18/h10-13,17,19H,3-9H2,1-2H3. The van der Waals surface area contributed by atoms with Crippen LogP contribution in [-0.2, 0) is 0 Å². The van der Waals surface area contributed by atoms with Gasteiger partial charge >= 0.3 is 0 Å². The van der Waals surface area contributed by atoms with Gasteiger partial charge in [-0.05, 0) is 49.9 Å². The molecule has 20 heavy (non-hydrogen) atoms. The van der Waals surface area contributed by atoms with Crippen molar-refractivity contribution in [3.05, 3.63) is 28.2 Å². The first kappa shape index (κ1) is 15.8. The maximum Gasteiger partial charge on any atom is 0.120 e. The molecule has 0 spiro atoms. The fourth-order valence-corrected chi connectivity index (χ4v) is 3.84. The number of nitrogens with one attached hydrogen (secondary N) is 1. The molecule has 0 aromatic heterocycles. The topological polar surface area (TPSA) is 21.3 Å². The summed E-state index contributed by atoms with van der Waals surface area (Å²) in [7, 11) is 0. The Balaban J connectivity index is 2.19. The van der Waals surface area contributed by atoms with Crippen LogP contribution in [0.4, 0.5) is 0 Å². The largest absolute Gasteiger partial charge is 0.494 e. The molecule has 1 aromatic carbocycles. The van der Waals surface area contributed by atoms with Gasteiger partial charge in [0.05, 0.1) is 6.61 Å². The SMILES string of the molecule is CCNC(c1ccc(OCC)cc1Br)C1CCCCC1. The lowest BCUT2D eigenvalue weighted by molar-refractivity contribution is 0.273. The fraction of sp³-hybridized carbons (Fsp3) is 0.647. The number of hydrogen-bond acceptors (Lipinski definition) is 2.